The van der Waals surface area contributed by atoms with Crippen molar-refractivity contribution in [2.24, 2.45) is 0 Å². The topological polar surface area (TPSA) is 17.1 Å². The number of hydrogen-bond acceptors (Lipinski definition) is 1. The molecule has 1 radical (unpaired) electrons. The molecule has 2 heteroatoms. The Kier molecular flexibility index (Phi) is 2.77. The van der Waals surface area contributed by atoms with E-state index in [2.05, 4.69) is 0 Å². The maximum atomic E-state index is 9.41. The summed E-state index contributed by atoms with van der Waals surface area (Å²) < 4.78 is 0. The van der Waals surface area contributed by atoms with Crippen molar-refractivity contribution in [3.63, 3.8) is 0 Å². The Morgan fingerprint density at radius 2 is 2.50 bits per heavy atom. The number of rotatable bonds is 1. The monoisotopic (exact) mass is 103 g/mol. The van der Waals surface area contributed by atoms with Crippen LogP contribution in [0.5, 0.6) is 0 Å². The highest BCUT2D eigenvalue weighted by Crippen LogP contribution is 1.91. The van der Waals surface area contributed by atoms with E-state index in [4.69, 9.17) is 11.6 Å². The van der Waals surface area contributed by atoms with Gasteiger partial charge in [0.1, 0.15) is 0 Å². The number of allylic oxidation sites excluding steroid dienone is 2. The fraction of sp³-hybridized carbons (Fsp3) is 0.250. The Hall–Kier alpha value is -0.300. The minimum absolute atomic E-state index is 0.134. The molecule has 0 aliphatic heterocycles. The Bertz CT molecular complexity index is 75.6. The maximum absolute atomic E-state index is 9.41. The van der Waals surface area contributed by atoms with Gasteiger partial charge in [0, 0.05) is 0 Å². The van der Waals surface area contributed by atoms with Gasteiger partial charge in [-0.2, -0.15) is 0 Å². The van der Waals surface area contributed by atoms with E-state index >= 15 is 0 Å². The van der Waals surface area contributed by atoms with Crippen molar-refractivity contribution in [2.45, 2.75) is 6.92 Å². The second-order valence-electron chi connectivity index (χ2n) is 0.739. The molecule has 0 aromatic carbocycles. The molecule has 0 aliphatic carbocycles. The third-order valence-corrected chi connectivity index (χ3v) is 0.646. The molecule has 0 fully saturated rings. The van der Waals surface area contributed by atoms with Gasteiger partial charge in [-0.1, -0.05) is 17.7 Å². The first-order chi connectivity index (χ1) is 2.81. The Morgan fingerprint density at radius 3 is 2.50 bits per heavy atom. The quantitative estimate of drug-likeness (QED) is 0.457. The fourth-order valence-electron chi connectivity index (χ4n) is 0.0589. The first-order valence-electron chi connectivity index (χ1n) is 1.51. The normalized spacial score (nSPS) is 11.3. The van der Waals surface area contributed by atoms with E-state index in [1.807, 2.05) is 0 Å². The number of halogens is 1. The first kappa shape index (κ1) is 5.70. The van der Waals surface area contributed by atoms with Crippen molar-refractivity contribution < 1.29 is 4.79 Å². The lowest BCUT2D eigenvalue weighted by molar-refractivity contribution is 0.563. The SMILES string of the molecule is C/C=C(\Cl)[C]=O. The van der Waals surface area contributed by atoms with Crippen LogP contribution in [0.2, 0.25) is 0 Å². The molecular formula is C4H4ClO. The maximum Gasteiger partial charge on any atom is 0.245 e. The number of hydrogen-bond donors (Lipinski definition) is 0. The van der Waals surface area contributed by atoms with Crippen LogP contribution in [0.4, 0.5) is 0 Å². The summed E-state index contributed by atoms with van der Waals surface area (Å²) in [6.45, 7) is 1.67. The van der Waals surface area contributed by atoms with Gasteiger partial charge in [0.05, 0.1) is 5.03 Å². The third-order valence-electron chi connectivity index (χ3n) is 0.351. The van der Waals surface area contributed by atoms with Crippen LogP contribution in [0.1, 0.15) is 6.92 Å². The molecule has 0 rings (SSSR count). The van der Waals surface area contributed by atoms with E-state index in [0.717, 1.165) is 0 Å². The van der Waals surface area contributed by atoms with Crippen molar-refractivity contribution in [3.05, 3.63) is 11.1 Å². The van der Waals surface area contributed by atoms with E-state index in [1.165, 1.54) is 12.4 Å². The molecule has 0 N–H and O–H groups in total. The second-order valence-corrected chi connectivity index (χ2v) is 1.15. The van der Waals surface area contributed by atoms with Crippen molar-refractivity contribution in [1.82, 2.24) is 0 Å². The minimum Gasteiger partial charge on any atom is -0.284 e. The van der Waals surface area contributed by atoms with Crippen LogP contribution in [0.15, 0.2) is 11.1 Å². The molecule has 0 bridgehead atoms. The average molecular weight is 104 g/mol. The Labute approximate surface area is 41.6 Å². The van der Waals surface area contributed by atoms with Gasteiger partial charge in [0.2, 0.25) is 6.29 Å². The lowest BCUT2D eigenvalue weighted by atomic mass is 10.6. The standard InChI is InChI=1S/C4H4ClO/c1-2-4(5)3-6/h2H,1H3/b4-2-. The highest BCUT2D eigenvalue weighted by molar-refractivity contribution is 6.38. The molecular weight excluding hydrogens is 99.5 g/mol. The molecule has 0 spiro atoms. The van der Waals surface area contributed by atoms with Gasteiger partial charge >= 0.3 is 0 Å². The summed E-state index contributed by atoms with van der Waals surface area (Å²) in [5, 5.41) is 0.134. The van der Waals surface area contributed by atoms with Crippen LogP contribution < -0.4 is 0 Å². The third kappa shape index (κ3) is 1.97. The molecule has 1 nitrogen and oxygen atoms in total. The summed E-state index contributed by atoms with van der Waals surface area (Å²) in [5.74, 6) is 0. The van der Waals surface area contributed by atoms with Crippen molar-refractivity contribution in [1.29, 1.82) is 0 Å². The lowest BCUT2D eigenvalue weighted by Gasteiger charge is -1.68. The largest absolute Gasteiger partial charge is 0.284 e. The summed E-state index contributed by atoms with van der Waals surface area (Å²) in [7, 11) is 0. The van der Waals surface area contributed by atoms with E-state index < -0.39 is 0 Å². The predicted octanol–water partition coefficient (Wildman–Crippen LogP) is 1.24. The zero-order valence-corrected chi connectivity index (χ0v) is 4.12. The van der Waals surface area contributed by atoms with Crippen LogP contribution in [-0.2, 0) is 4.79 Å². The summed E-state index contributed by atoms with van der Waals surface area (Å²) in [4.78, 5) is 9.41. The fourth-order valence-corrected chi connectivity index (χ4v) is 0.0589. The van der Waals surface area contributed by atoms with E-state index in [9.17, 15) is 4.79 Å². The summed E-state index contributed by atoms with van der Waals surface area (Å²) >= 11 is 5.09. The summed E-state index contributed by atoms with van der Waals surface area (Å²) in [6, 6.07) is 0. The number of carbonyl (C=O) groups excluding carboxylic acids is 1. The van der Waals surface area contributed by atoms with Gasteiger partial charge in [-0.05, 0) is 6.92 Å². The molecule has 0 aliphatic rings. The molecule has 0 atom stereocenters. The molecule has 33 valence electrons. The first-order valence-corrected chi connectivity index (χ1v) is 1.89. The van der Waals surface area contributed by atoms with Crippen molar-refractivity contribution in [3.8, 4) is 0 Å². The van der Waals surface area contributed by atoms with E-state index in [0.29, 0.717) is 0 Å². The molecule has 6 heavy (non-hydrogen) atoms. The van der Waals surface area contributed by atoms with Gasteiger partial charge in [-0.3, -0.25) is 4.79 Å². The van der Waals surface area contributed by atoms with Gasteiger partial charge in [-0.25, -0.2) is 0 Å². The molecule has 0 heterocycles. The van der Waals surface area contributed by atoms with Crippen LogP contribution in [0.25, 0.3) is 0 Å². The lowest BCUT2D eigenvalue weighted by Crippen LogP contribution is -1.64. The average Bonchev–Trinajstić information content (AvgIpc) is 1.65. The molecule has 0 saturated heterocycles. The summed E-state index contributed by atoms with van der Waals surface area (Å²) in [6.07, 6.45) is 2.97. The van der Waals surface area contributed by atoms with Gasteiger partial charge in [0.15, 0.2) is 0 Å². The summed E-state index contributed by atoms with van der Waals surface area (Å²) in [5.41, 5.74) is 0. The second kappa shape index (κ2) is 2.91. The van der Waals surface area contributed by atoms with Crippen molar-refractivity contribution in [2.75, 3.05) is 0 Å². The predicted molar refractivity (Wildman–Crippen MR) is 25.3 cm³/mol. The van der Waals surface area contributed by atoms with Crippen LogP contribution in [0, 0.1) is 0 Å². The molecule has 0 aromatic rings. The molecule has 0 aromatic heterocycles. The van der Waals surface area contributed by atoms with E-state index in [-0.39, 0.29) is 5.03 Å². The Balaban J connectivity index is 3.50. The highest BCUT2D eigenvalue weighted by Gasteiger charge is 1.78. The van der Waals surface area contributed by atoms with Gasteiger partial charge in [-0.15, -0.1) is 0 Å². The van der Waals surface area contributed by atoms with Crippen LogP contribution in [-0.4, -0.2) is 6.29 Å². The zero-order valence-electron chi connectivity index (χ0n) is 3.36. The molecule has 0 amide bonds. The van der Waals surface area contributed by atoms with E-state index in [1.54, 1.807) is 6.92 Å². The van der Waals surface area contributed by atoms with Crippen LogP contribution in [0.3, 0.4) is 0 Å². The van der Waals surface area contributed by atoms with Gasteiger partial charge in [0.25, 0.3) is 0 Å². The smallest absolute Gasteiger partial charge is 0.245 e. The minimum atomic E-state index is 0.134. The molecule has 0 saturated carbocycles. The zero-order chi connectivity index (χ0) is 4.99. The Morgan fingerprint density at radius 1 is 2.00 bits per heavy atom. The molecule has 0 unspecified atom stereocenters. The van der Waals surface area contributed by atoms with Crippen LogP contribution >= 0.6 is 11.6 Å². The van der Waals surface area contributed by atoms with Gasteiger partial charge < -0.3 is 0 Å². The highest BCUT2D eigenvalue weighted by atomic mass is 35.5. The van der Waals surface area contributed by atoms with Crippen molar-refractivity contribution >= 4 is 17.9 Å².